The fourth-order valence-corrected chi connectivity index (χ4v) is 5.02. The maximum absolute atomic E-state index is 14.6. The Labute approximate surface area is 186 Å². The molecule has 0 unspecified atom stereocenters. The summed E-state index contributed by atoms with van der Waals surface area (Å²) in [6.07, 6.45) is 8.44. The molecule has 1 aromatic carbocycles. The number of benzene rings is 1. The Bertz CT molecular complexity index is 1200. The predicted octanol–water partition coefficient (Wildman–Crippen LogP) is 5.39. The van der Waals surface area contributed by atoms with Crippen LogP contribution in [0.4, 0.5) is 8.78 Å². The third-order valence-corrected chi connectivity index (χ3v) is 6.84. The van der Waals surface area contributed by atoms with Gasteiger partial charge in [-0.3, -0.25) is 9.48 Å². The van der Waals surface area contributed by atoms with E-state index in [9.17, 15) is 13.6 Å². The average molecular weight is 437 g/mol. The Morgan fingerprint density at radius 1 is 1.12 bits per heavy atom. The monoisotopic (exact) mass is 436 g/mol. The number of aromatic nitrogens is 3. The molecule has 7 heteroatoms. The molecule has 1 aliphatic heterocycles. The molecule has 5 rings (SSSR count). The fourth-order valence-electron chi connectivity index (χ4n) is 5.02. The smallest absolute Gasteiger partial charge is 0.254 e. The Morgan fingerprint density at radius 3 is 2.66 bits per heavy atom. The average Bonchev–Trinajstić information content (AvgIpc) is 3.48. The van der Waals surface area contributed by atoms with Crippen molar-refractivity contribution in [2.75, 3.05) is 7.05 Å². The molecule has 32 heavy (non-hydrogen) atoms. The van der Waals surface area contributed by atoms with Gasteiger partial charge in [0.25, 0.3) is 5.91 Å². The zero-order valence-corrected chi connectivity index (χ0v) is 18.4. The van der Waals surface area contributed by atoms with Crippen molar-refractivity contribution >= 4 is 5.91 Å². The summed E-state index contributed by atoms with van der Waals surface area (Å²) in [4.78, 5) is 18.5. The third kappa shape index (κ3) is 3.59. The Kier molecular flexibility index (Phi) is 5.07. The zero-order valence-electron chi connectivity index (χ0n) is 18.4. The van der Waals surface area contributed by atoms with Crippen LogP contribution in [0.2, 0.25) is 0 Å². The Hall–Kier alpha value is -3.09. The standard InChI is InChI=1S/C25H26F2N4O/c1-25(7-3-4-8-25)15-31-14-18(12-28-31)19-10-21(27)22(11-26)29-23(19)16-5-6-17-13-30(2)24(32)20(17)9-16/h5-6,9-10,12,14H,3-4,7-8,11,13,15H2,1-2H3. The highest BCUT2D eigenvalue weighted by Gasteiger charge is 2.30. The number of alkyl halides is 1. The molecule has 1 amide bonds. The summed E-state index contributed by atoms with van der Waals surface area (Å²) in [5.41, 5.74) is 3.91. The zero-order chi connectivity index (χ0) is 22.5. The highest BCUT2D eigenvalue weighted by Crippen LogP contribution is 2.39. The van der Waals surface area contributed by atoms with Crippen molar-refractivity contribution in [3.63, 3.8) is 0 Å². The SMILES string of the molecule is CN1Cc2ccc(-c3nc(CF)c(F)cc3-c3cnn(CC4(C)CCCC4)c3)cc2C1=O. The van der Waals surface area contributed by atoms with Crippen LogP contribution >= 0.6 is 0 Å². The van der Waals surface area contributed by atoms with Crippen LogP contribution in [0.15, 0.2) is 36.7 Å². The molecule has 2 aliphatic rings. The highest BCUT2D eigenvalue weighted by molar-refractivity contribution is 5.99. The van der Waals surface area contributed by atoms with E-state index >= 15 is 0 Å². The minimum Gasteiger partial charge on any atom is -0.337 e. The van der Waals surface area contributed by atoms with Gasteiger partial charge in [-0.25, -0.2) is 13.8 Å². The quantitative estimate of drug-likeness (QED) is 0.539. The van der Waals surface area contributed by atoms with E-state index in [0.717, 1.165) is 17.7 Å². The van der Waals surface area contributed by atoms with Crippen LogP contribution in [0.3, 0.4) is 0 Å². The molecule has 0 atom stereocenters. The molecule has 2 aromatic heterocycles. The Balaban J connectivity index is 1.57. The van der Waals surface area contributed by atoms with Crippen molar-refractivity contribution in [3.05, 3.63) is 59.3 Å². The summed E-state index contributed by atoms with van der Waals surface area (Å²) in [7, 11) is 1.75. The first-order valence-electron chi connectivity index (χ1n) is 11.0. The number of amides is 1. The van der Waals surface area contributed by atoms with Crippen molar-refractivity contribution in [1.82, 2.24) is 19.7 Å². The van der Waals surface area contributed by atoms with Gasteiger partial charge in [0, 0.05) is 48.6 Å². The summed E-state index contributed by atoms with van der Waals surface area (Å²) in [5.74, 6) is -0.743. The van der Waals surface area contributed by atoms with Crippen LogP contribution < -0.4 is 0 Å². The van der Waals surface area contributed by atoms with Crippen molar-refractivity contribution in [2.45, 2.75) is 52.4 Å². The van der Waals surface area contributed by atoms with E-state index in [-0.39, 0.29) is 17.0 Å². The van der Waals surface area contributed by atoms with Crippen molar-refractivity contribution in [2.24, 2.45) is 5.41 Å². The van der Waals surface area contributed by atoms with E-state index in [1.807, 2.05) is 23.0 Å². The number of rotatable bonds is 5. The number of nitrogens with zero attached hydrogens (tertiary/aromatic N) is 4. The molecule has 0 saturated heterocycles. The maximum atomic E-state index is 14.6. The third-order valence-electron chi connectivity index (χ3n) is 6.84. The van der Waals surface area contributed by atoms with Gasteiger partial charge in [-0.2, -0.15) is 5.10 Å². The molecule has 0 spiro atoms. The maximum Gasteiger partial charge on any atom is 0.254 e. The van der Waals surface area contributed by atoms with E-state index < -0.39 is 12.5 Å². The lowest BCUT2D eigenvalue weighted by Gasteiger charge is -2.22. The second-order valence-corrected chi connectivity index (χ2v) is 9.42. The first kappa shape index (κ1) is 20.8. The molecule has 5 nitrogen and oxygen atoms in total. The molecule has 1 aliphatic carbocycles. The predicted molar refractivity (Wildman–Crippen MR) is 118 cm³/mol. The van der Waals surface area contributed by atoms with E-state index in [0.29, 0.717) is 28.9 Å². The molecule has 3 aromatic rings. The van der Waals surface area contributed by atoms with Crippen LogP contribution in [0, 0.1) is 11.2 Å². The van der Waals surface area contributed by atoms with Gasteiger partial charge in [0.05, 0.1) is 11.9 Å². The normalized spacial score (nSPS) is 17.2. The van der Waals surface area contributed by atoms with Gasteiger partial charge in [-0.05, 0) is 36.0 Å². The second kappa shape index (κ2) is 7.80. The van der Waals surface area contributed by atoms with Crippen molar-refractivity contribution < 1.29 is 13.6 Å². The van der Waals surface area contributed by atoms with Gasteiger partial charge >= 0.3 is 0 Å². The molecule has 0 N–H and O–H groups in total. The molecule has 3 heterocycles. The van der Waals surface area contributed by atoms with E-state index in [2.05, 4.69) is 17.0 Å². The molecule has 0 bridgehead atoms. The van der Waals surface area contributed by atoms with Gasteiger partial charge in [-0.15, -0.1) is 0 Å². The molecular formula is C25H26F2N4O. The van der Waals surface area contributed by atoms with E-state index in [4.69, 9.17) is 0 Å². The highest BCUT2D eigenvalue weighted by atomic mass is 19.1. The number of carbonyl (C=O) groups is 1. The number of hydrogen-bond donors (Lipinski definition) is 0. The molecule has 1 saturated carbocycles. The minimum atomic E-state index is -0.997. The fraction of sp³-hybridized carbons (Fsp3) is 0.400. The summed E-state index contributed by atoms with van der Waals surface area (Å²) in [6.45, 7) is 2.64. The Morgan fingerprint density at radius 2 is 1.91 bits per heavy atom. The minimum absolute atomic E-state index is 0.0612. The lowest BCUT2D eigenvalue weighted by molar-refractivity contribution is 0.0816. The van der Waals surface area contributed by atoms with Gasteiger partial charge in [0.2, 0.25) is 0 Å². The first-order valence-corrected chi connectivity index (χ1v) is 11.0. The van der Waals surface area contributed by atoms with Crippen molar-refractivity contribution in [1.29, 1.82) is 0 Å². The topological polar surface area (TPSA) is 51.0 Å². The number of fused-ring (bicyclic) bond motifs is 1. The summed E-state index contributed by atoms with van der Waals surface area (Å²) >= 11 is 0. The van der Waals surface area contributed by atoms with Gasteiger partial charge in [0.1, 0.15) is 18.2 Å². The summed E-state index contributed by atoms with van der Waals surface area (Å²) in [6, 6.07) is 6.86. The number of hydrogen-bond acceptors (Lipinski definition) is 3. The molecular weight excluding hydrogens is 410 g/mol. The number of carbonyl (C=O) groups excluding carboxylic acids is 1. The largest absolute Gasteiger partial charge is 0.337 e. The van der Waals surface area contributed by atoms with Crippen LogP contribution in [0.5, 0.6) is 0 Å². The molecule has 1 fully saturated rings. The van der Waals surface area contributed by atoms with Crippen LogP contribution in [0.1, 0.15) is 54.2 Å². The number of pyridine rings is 1. The van der Waals surface area contributed by atoms with Gasteiger partial charge < -0.3 is 4.90 Å². The lowest BCUT2D eigenvalue weighted by Crippen LogP contribution is -2.19. The first-order chi connectivity index (χ1) is 15.4. The summed E-state index contributed by atoms with van der Waals surface area (Å²) in [5, 5.41) is 4.52. The second-order valence-electron chi connectivity index (χ2n) is 9.42. The van der Waals surface area contributed by atoms with Crippen LogP contribution in [-0.2, 0) is 19.8 Å². The lowest BCUT2D eigenvalue weighted by atomic mass is 9.89. The van der Waals surface area contributed by atoms with Crippen molar-refractivity contribution in [3.8, 4) is 22.4 Å². The van der Waals surface area contributed by atoms with Gasteiger partial charge in [-0.1, -0.05) is 31.9 Å². The number of halogens is 2. The van der Waals surface area contributed by atoms with Crippen LogP contribution in [0.25, 0.3) is 22.4 Å². The van der Waals surface area contributed by atoms with Gasteiger partial charge in [0.15, 0.2) is 0 Å². The molecule has 166 valence electrons. The van der Waals surface area contributed by atoms with E-state index in [1.165, 1.54) is 31.7 Å². The molecule has 0 radical (unpaired) electrons. The summed E-state index contributed by atoms with van der Waals surface area (Å²) < 4.78 is 29.9. The van der Waals surface area contributed by atoms with Crippen LogP contribution in [-0.4, -0.2) is 32.6 Å². The van der Waals surface area contributed by atoms with E-state index in [1.54, 1.807) is 24.2 Å².